The van der Waals surface area contributed by atoms with Crippen LogP contribution in [0.2, 0.25) is 5.22 Å². The summed E-state index contributed by atoms with van der Waals surface area (Å²) in [7, 11) is 1.79. The molecule has 3 rings (SSSR count). The zero-order valence-electron chi connectivity index (χ0n) is 12.9. The molecule has 1 saturated heterocycles. The number of carbonyl (C=O) groups excluding carboxylic acids is 2. The van der Waals surface area contributed by atoms with Crippen LogP contribution < -0.4 is 10.2 Å². The number of nitrogens with one attached hydrogen (secondary N) is 1. The molecular formula is C15H17ClN4O3. The third-order valence-electron chi connectivity index (χ3n) is 3.79. The number of anilines is 1. The minimum atomic E-state index is -0.588. The molecule has 0 aromatic carbocycles. The number of hydrogen-bond donors (Lipinski definition) is 1. The summed E-state index contributed by atoms with van der Waals surface area (Å²) in [5.41, 5.74) is 0.840. The Bertz CT molecular complexity index is 752. The van der Waals surface area contributed by atoms with Gasteiger partial charge in [-0.2, -0.15) is 5.10 Å². The molecular weight excluding hydrogens is 320 g/mol. The van der Waals surface area contributed by atoms with Crippen LogP contribution in [-0.2, 0) is 11.8 Å². The zero-order chi connectivity index (χ0) is 16.6. The fraction of sp³-hybridized carbons (Fsp3) is 0.400. The molecule has 0 aliphatic carbocycles. The predicted molar refractivity (Wildman–Crippen MR) is 84.5 cm³/mol. The quantitative estimate of drug-likeness (QED) is 0.928. The van der Waals surface area contributed by atoms with E-state index in [1.165, 1.54) is 12.1 Å². The predicted octanol–water partition coefficient (Wildman–Crippen LogP) is 1.90. The van der Waals surface area contributed by atoms with E-state index in [0.29, 0.717) is 13.0 Å². The van der Waals surface area contributed by atoms with Crippen LogP contribution in [0.1, 0.15) is 29.1 Å². The van der Waals surface area contributed by atoms with E-state index in [2.05, 4.69) is 10.4 Å². The van der Waals surface area contributed by atoms with Crippen LogP contribution in [0, 0.1) is 6.92 Å². The largest absolute Gasteiger partial charge is 0.440 e. The SMILES string of the molecule is Cc1cc(N2CCCC(NC(=O)c3ccc(Cl)o3)C2=O)n(C)n1. The molecule has 1 atom stereocenters. The standard InChI is InChI=1S/C15H17ClN4O3/c1-9-8-13(19(2)18-9)20-7-3-4-10(15(20)22)17-14(21)11-5-6-12(16)23-11/h5-6,8,10H,3-4,7H2,1-2H3,(H,17,21). The van der Waals surface area contributed by atoms with Crippen LogP contribution in [0.5, 0.6) is 0 Å². The highest BCUT2D eigenvalue weighted by Crippen LogP contribution is 2.22. The van der Waals surface area contributed by atoms with Crippen molar-refractivity contribution in [1.29, 1.82) is 0 Å². The highest BCUT2D eigenvalue weighted by molar-refractivity contribution is 6.29. The summed E-state index contributed by atoms with van der Waals surface area (Å²) in [6.45, 7) is 2.48. The first-order valence-corrected chi connectivity index (χ1v) is 7.71. The van der Waals surface area contributed by atoms with E-state index in [1.54, 1.807) is 16.6 Å². The highest BCUT2D eigenvalue weighted by Gasteiger charge is 2.32. The second-order valence-corrected chi connectivity index (χ2v) is 5.90. The van der Waals surface area contributed by atoms with Crippen molar-refractivity contribution >= 4 is 29.2 Å². The van der Waals surface area contributed by atoms with Gasteiger partial charge in [-0.15, -0.1) is 0 Å². The van der Waals surface area contributed by atoms with Crippen molar-refractivity contribution in [2.24, 2.45) is 7.05 Å². The maximum atomic E-state index is 12.7. The van der Waals surface area contributed by atoms with Crippen molar-refractivity contribution in [3.05, 3.63) is 34.9 Å². The van der Waals surface area contributed by atoms with E-state index >= 15 is 0 Å². The molecule has 1 unspecified atom stereocenters. The van der Waals surface area contributed by atoms with E-state index in [1.807, 2.05) is 13.0 Å². The molecule has 0 spiro atoms. The second kappa shape index (κ2) is 6.08. The molecule has 1 aliphatic rings. The first-order chi connectivity index (χ1) is 11.0. The maximum absolute atomic E-state index is 12.7. The Balaban J connectivity index is 1.75. The zero-order valence-corrected chi connectivity index (χ0v) is 13.6. The van der Waals surface area contributed by atoms with Crippen LogP contribution >= 0.6 is 11.6 Å². The molecule has 1 N–H and O–H groups in total. The maximum Gasteiger partial charge on any atom is 0.287 e. The van der Waals surface area contributed by atoms with Gasteiger partial charge in [-0.1, -0.05) is 0 Å². The number of aromatic nitrogens is 2. The van der Waals surface area contributed by atoms with Gasteiger partial charge in [-0.3, -0.25) is 19.2 Å². The molecule has 8 heteroatoms. The van der Waals surface area contributed by atoms with Gasteiger partial charge in [0, 0.05) is 19.7 Å². The Kier molecular flexibility index (Phi) is 4.12. The van der Waals surface area contributed by atoms with Gasteiger partial charge in [0.25, 0.3) is 11.8 Å². The van der Waals surface area contributed by atoms with Crippen LogP contribution in [0.3, 0.4) is 0 Å². The summed E-state index contributed by atoms with van der Waals surface area (Å²) in [4.78, 5) is 26.5. The number of piperidine rings is 1. The minimum absolute atomic E-state index is 0.0938. The first-order valence-electron chi connectivity index (χ1n) is 7.34. The Morgan fingerprint density at radius 2 is 2.26 bits per heavy atom. The van der Waals surface area contributed by atoms with Gasteiger partial charge in [0.05, 0.1) is 5.69 Å². The molecule has 3 heterocycles. The van der Waals surface area contributed by atoms with Crippen LogP contribution in [-0.4, -0.2) is 34.2 Å². The number of aryl methyl sites for hydroxylation is 2. The van der Waals surface area contributed by atoms with E-state index in [0.717, 1.165) is 17.9 Å². The summed E-state index contributed by atoms with van der Waals surface area (Å²) < 4.78 is 6.74. The topological polar surface area (TPSA) is 80.4 Å². The van der Waals surface area contributed by atoms with Crippen molar-refractivity contribution in [3.8, 4) is 0 Å². The number of carbonyl (C=O) groups is 2. The molecule has 1 fully saturated rings. The van der Waals surface area contributed by atoms with Gasteiger partial charge in [0.15, 0.2) is 11.0 Å². The molecule has 2 amide bonds. The van der Waals surface area contributed by atoms with Crippen LogP contribution in [0.25, 0.3) is 0 Å². The number of halogens is 1. The van der Waals surface area contributed by atoms with Gasteiger partial charge in [0.1, 0.15) is 11.9 Å². The van der Waals surface area contributed by atoms with Crippen molar-refractivity contribution in [3.63, 3.8) is 0 Å². The van der Waals surface area contributed by atoms with E-state index in [9.17, 15) is 9.59 Å². The monoisotopic (exact) mass is 336 g/mol. The number of amides is 2. The van der Waals surface area contributed by atoms with Gasteiger partial charge in [-0.25, -0.2) is 0 Å². The van der Waals surface area contributed by atoms with Gasteiger partial charge >= 0.3 is 0 Å². The average Bonchev–Trinajstić information content (AvgIpc) is 3.07. The van der Waals surface area contributed by atoms with Crippen molar-refractivity contribution in [1.82, 2.24) is 15.1 Å². The van der Waals surface area contributed by atoms with Crippen molar-refractivity contribution in [2.45, 2.75) is 25.8 Å². The summed E-state index contributed by atoms with van der Waals surface area (Å²) in [6, 6.07) is 4.24. The smallest absolute Gasteiger partial charge is 0.287 e. The Morgan fingerprint density at radius 1 is 1.48 bits per heavy atom. The number of rotatable bonds is 3. The highest BCUT2D eigenvalue weighted by atomic mass is 35.5. The summed E-state index contributed by atoms with van der Waals surface area (Å²) in [5, 5.41) is 7.11. The molecule has 0 saturated carbocycles. The van der Waals surface area contributed by atoms with Crippen molar-refractivity contribution in [2.75, 3.05) is 11.4 Å². The normalized spacial score (nSPS) is 18.3. The molecule has 7 nitrogen and oxygen atoms in total. The number of nitrogens with zero attached hydrogens (tertiary/aromatic N) is 3. The van der Waals surface area contributed by atoms with Crippen molar-refractivity contribution < 1.29 is 14.0 Å². The summed E-state index contributed by atoms with van der Waals surface area (Å²) >= 11 is 5.67. The lowest BCUT2D eigenvalue weighted by molar-refractivity contribution is -0.121. The molecule has 1 aliphatic heterocycles. The summed E-state index contributed by atoms with van der Waals surface area (Å²) in [5.74, 6) is 0.229. The van der Waals surface area contributed by atoms with E-state index < -0.39 is 11.9 Å². The molecule has 2 aromatic rings. The molecule has 0 bridgehead atoms. The fourth-order valence-corrected chi connectivity index (χ4v) is 2.90. The van der Waals surface area contributed by atoms with E-state index in [-0.39, 0.29) is 16.9 Å². The Morgan fingerprint density at radius 3 is 2.87 bits per heavy atom. The van der Waals surface area contributed by atoms with Gasteiger partial charge < -0.3 is 9.73 Å². The second-order valence-electron chi connectivity index (χ2n) is 5.53. The molecule has 122 valence electrons. The lowest BCUT2D eigenvalue weighted by Crippen LogP contribution is -2.52. The average molecular weight is 337 g/mol. The van der Waals surface area contributed by atoms with Gasteiger partial charge in [0.2, 0.25) is 0 Å². The first kappa shape index (κ1) is 15.6. The van der Waals surface area contributed by atoms with Crippen LogP contribution in [0.4, 0.5) is 5.82 Å². The Labute approximate surface area is 138 Å². The molecule has 0 radical (unpaired) electrons. The third kappa shape index (κ3) is 3.10. The van der Waals surface area contributed by atoms with Gasteiger partial charge in [-0.05, 0) is 43.5 Å². The lowest BCUT2D eigenvalue weighted by Gasteiger charge is -2.32. The molecule has 23 heavy (non-hydrogen) atoms. The van der Waals surface area contributed by atoms with E-state index in [4.69, 9.17) is 16.0 Å². The number of furan rings is 1. The Hall–Kier alpha value is -2.28. The number of hydrogen-bond acceptors (Lipinski definition) is 4. The lowest BCUT2D eigenvalue weighted by atomic mass is 10.0. The summed E-state index contributed by atoms with van der Waals surface area (Å²) in [6.07, 6.45) is 1.38. The van der Waals surface area contributed by atoms with Crippen LogP contribution in [0.15, 0.2) is 22.6 Å². The minimum Gasteiger partial charge on any atom is -0.440 e. The fourth-order valence-electron chi connectivity index (χ4n) is 2.75. The third-order valence-corrected chi connectivity index (χ3v) is 4.00. The molecule has 2 aromatic heterocycles.